The Kier molecular flexibility index (Phi) is 4.74. The molecule has 0 aliphatic heterocycles. The van der Waals surface area contributed by atoms with E-state index >= 15 is 0 Å². The van der Waals surface area contributed by atoms with E-state index in [1.54, 1.807) is 0 Å². The molecule has 0 atom stereocenters. The highest BCUT2D eigenvalue weighted by Crippen LogP contribution is 2.19. The minimum absolute atomic E-state index is 0.397. The molecule has 0 saturated carbocycles. The normalized spacial score (nSPS) is 12.5. The fourth-order valence-electron chi connectivity index (χ4n) is 1.67. The van der Waals surface area contributed by atoms with Crippen molar-refractivity contribution in [2.45, 2.75) is 65.5 Å². The molecule has 0 bridgehead atoms. The van der Waals surface area contributed by atoms with Gasteiger partial charge in [0.1, 0.15) is 0 Å². The third kappa shape index (κ3) is 3.24. The summed E-state index contributed by atoms with van der Waals surface area (Å²) in [7, 11) is 0. The molecule has 11 heavy (non-hydrogen) atoms. The summed E-state index contributed by atoms with van der Waals surface area (Å²) < 4.78 is 0. The maximum atomic E-state index is 3.64. The predicted octanol–water partition coefficient (Wildman–Crippen LogP) is 2.95. The van der Waals surface area contributed by atoms with Crippen LogP contribution >= 0.6 is 0 Å². The molecule has 0 aromatic rings. The van der Waals surface area contributed by atoms with Crippen LogP contribution in [0.25, 0.3) is 0 Å². The van der Waals surface area contributed by atoms with Gasteiger partial charge in [-0.05, 0) is 19.3 Å². The molecule has 0 radical (unpaired) electrons. The van der Waals surface area contributed by atoms with Crippen LogP contribution in [0.2, 0.25) is 0 Å². The van der Waals surface area contributed by atoms with E-state index in [-0.39, 0.29) is 0 Å². The van der Waals surface area contributed by atoms with Gasteiger partial charge in [-0.2, -0.15) is 0 Å². The molecule has 0 amide bonds. The molecule has 0 unspecified atom stereocenters. The zero-order valence-electron chi connectivity index (χ0n) is 8.70. The molecule has 1 nitrogen and oxygen atoms in total. The molecule has 0 saturated heterocycles. The van der Waals surface area contributed by atoms with Crippen LogP contribution < -0.4 is 5.32 Å². The van der Waals surface area contributed by atoms with Crippen LogP contribution in [-0.2, 0) is 0 Å². The average molecular weight is 157 g/mol. The maximum Gasteiger partial charge on any atom is 0.0176 e. The lowest BCUT2D eigenvalue weighted by molar-refractivity contribution is 0.268. The highest BCUT2D eigenvalue weighted by atomic mass is 15.0. The summed E-state index contributed by atoms with van der Waals surface area (Å²) in [5, 5.41) is 3.64. The van der Waals surface area contributed by atoms with Gasteiger partial charge in [-0.1, -0.05) is 34.6 Å². The molecule has 0 rings (SSSR count). The lowest BCUT2D eigenvalue weighted by atomic mass is 9.89. The first-order chi connectivity index (χ1) is 5.10. The number of rotatable bonds is 5. The van der Waals surface area contributed by atoms with Gasteiger partial charge in [-0.15, -0.1) is 0 Å². The highest BCUT2D eigenvalue weighted by Gasteiger charge is 2.23. The topological polar surface area (TPSA) is 12.0 Å². The Hall–Kier alpha value is -0.0400. The average Bonchev–Trinajstić information content (AvgIpc) is 2.00. The van der Waals surface area contributed by atoms with Crippen LogP contribution in [0.4, 0.5) is 0 Å². The van der Waals surface area contributed by atoms with E-state index in [0.29, 0.717) is 11.6 Å². The first kappa shape index (κ1) is 11.0. The van der Waals surface area contributed by atoms with Crippen LogP contribution in [0.5, 0.6) is 0 Å². The van der Waals surface area contributed by atoms with E-state index in [1.807, 2.05) is 0 Å². The van der Waals surface area contributed by atoms with Crippen LogP contribution in [0, 0.1) is 0 Å². The molecule has 0 spiro atoms. The van der Waals surface area contributed by atoms with E-state index in [2.05, 4.69) is 39.9 Å². The zero-order valence-corrected chi connectivity index (χ0v) is 8.70. The van der Waals surface area contributed by atoms with Crippen LogP contribution in [-0.4, -0.2) is 11.6 Å². The molecule has 0 aromatic heterocycles. The first-order valence-electron chi connectivity index (χ1n) is 4.88. The Balaban J connectivity index is 4.05. The summed E-state index contributed by atoms with van der Waals surface area (Å²) in [6.45, 7) is 11.2. The zero-order chi connectivity index (χ0) is 8.91. The minimum atomic E-state index is 0.397. The van der Waals surface area contributed by atoms with Gasteiger partial charge in [0.05, 0.1) is 0 Å². The SMILES string of the molecule is CCC(CC)(CC)NC(C)C. The van der Waals surface area contributed by atoms with Gasteiger partial charge in [0.2, 0.25) is 0 Å². The van der Waals surface area contributed by atoms with Gasteiger partial charge in [0.15, 0.2) is 0 Å². The maximum absolute atomic E-state index is 3.64. The van der Waals surface area contributed by atoms with E-state index < -0.39 is 0 Å². The summed E-state index contributed by atoms with van der Waals surface area (Å²) in [6.07, 6.45) is 3.70. The largest absolute Gasteiger partial charge is 0.309 e. The lowest BCUT2D eigenvalue weighted by Gasteiger charge is -2.34. The molecule has 0 fully saturated rings. The molecular weight excluding hydrogens is 134 g/mol. The monoisotopic (exact) mass is 157 g/mol. The van der Waals surface area contributed by atoms with E-state index in [9.17, 15) is 0 Å². The molecule has 0 aliphatic rings. The molecular formula is C10H23N. The molecule has 0 heterocycles. The summed E-state index contributed by atoms with van der Waals surface area (Å²) in [4.78, 5) is 0. The second-order valence-corrected chi connectivity index (χ2v) is 3.64. The Bertz CT molecular complexity index is 84.8. The van der Waals surface area contributed by atoms with Crippen LogP contribution in [0.1, 0.15) is 53.9 Å². The van der Waals surface area contributed by atoms with E-state index in [4.69, 9.17) is 0 Å². The predicted molar refractivity (Wildman–Crippen MR) is 51.9 cm³/mol. The van der Waals surface area contributed by atoms with Crippen molar-refractivity contribution >= 4 is 0 Å². The summed E-state index contributed by atoms with van der Waals surface area (Å²) in [5.74, 6) is 0. The number of nitrogens with one attached hydrogen (secondary N) is 1. The van der Waals surface area contributed by atoms with Crippen molar-refractivity contribution in [3.63, 3.8) is 0 Å². The second kappa shape index (κ2) is 4.76. The summed E-state index contributed by atoms with van der Waals surface area (Å²) in [5.41, 5.74) is 0.397. The van der Waals surface area contributed by atoms with Crippen LogP contribution in [0.3, 0.4) is 0 Å². The van der Waals surface area contributed by atoms with Crippen molar-refractivity contribution < 1.29 is 0 Å². The fourth-order valence-corrected chi connectivity index (χ4v) is 1.67. The smallest absolute Gasteiger partial charge is 0.0176 e. The van der Waals surface area contributed by atoms with Gasteiger partial charge in [-0.3, -0.25) is 0 Å². The number of hydrogen-bond acceptors (Lipinski definition) is 1. The van der Waals surface area contributed by atoms with Crippen molar-refractivity contribution in [2.24, 2.45) is 0 Å². The van der Waals surface area contributed by atoms with Crippen molar-refractivity contribution in [1.82, 2.24) is 5.32 Å². The van der Waals surface area contributed by atoms with E-state index in [0.717, 1.165) is 0 Å². The molecule has 1 heteroatoms. The van der Waals surface area contributed by atoms with Gasteiger partial charge in [-0.25, -0.2) is 0 Å². The van der Waals surface area contributed by atoms with Crippen molar-refractivity contribution in [2.75, 3.05) is 0 Å². The van der Waals surface area contributed by atoms with Gasteiger partial charge >= 0.3 is 0 Å². The van der Waals surface area contributed by atoms with Crippen molar-refractivity contribution in [1.29, 1.82) is 0 Å². The molecule has 0 aromatic carbocycles. The Morgan fingerprint density at radius 1 is 1.00 bits per heavy atom. The fraction of sp³-hybridized carbons (Fsp3) is 1.00. The third-order valence-corrected chi connectivity index (χ3v) is 2.63. The molecule has 68 valence electrons. The van der Waals surface area contributed by atoms with Gasteiger partial charge in [0.25, 0.3) is 0 Å². The van der Waals surface area contributed by atoms with Crippen LogP contribution in [0.15, 0.2) is 0 Å². The quantitative estimate of drug-likeness (QED) is 0.647. The number of hydrogen-bond donors (Lipinski definition) is 1. The second-order valence-electron chi connectivity index (χ2n) is 3.64. The minimum Gasteiger partial charge on any atom is -0.309 e. The van der Waals surface area contributed by atoms with Crippen molar-refractivity contribution in [3.8, 4) is 0 Å². The Morgan fingerprint density at radius 3 is 1.45 bits per heavy atom. The third-order valence-electron chi connectivity index (χ3n) is 2.63. The molecule has 1 N–H and O–H groups in total. The Labute approximate surface area is 71.6 Å². The van der Waals surface area contributed by atoms with Crippen molar-refractivity contribution in [3.05, 3.63) is 0 Å². The van der Waals surface area contributed by atoms with Gasteiger partial charge < -0.3 is 5.32 Å². The van der Waals surface area contributed by atoms with Gasteiger partial charge in [0, 0.05) is 11.6 Å². The highest BCUT2D eigenvalue weighted by molar-refractivity contribution is 4.84. The Morgan fingerprint density at radius 2 is 1.36 bits per heavy atom. The first-order valence-corrected chi connectivity index (χ1v) is 4.88. The van der Waals surface area contributed by atoms with E-state index in [1.165, 1.54) is 19.3 Å². The summed E-state index contributed by atoms with van der Waals surface area (Å²) >= 11 is 0. The summed E-state index contributed by atoms with van der Waals surface area (Å²) in [6, 6.07) is 0.606. The standard InChI is InChI=1S/C10H23N/c1-6-10(7-2,8-3)11-9(4)5/h9,11H,6-8H2,1-5H3. The lowest BCUT2D eigenvalue weighted by Crippen LogP contribution is -2.47. The molecule has 0 aliphatic carbocycles.